The number of aromatic nitrogens is 4. The van der Waals surface area contributed by atoms with E-state index in [0.717, 1.165) is 42.3 Å². The Balaban J connectivity index is 1.40. The molecule has 3 aromatic rings. The molecule has 1 fully saturated rings. The third-order valence-corrected chi connectivity index (χ3v) is 7.02. The van der Waals surface area contributed by atoms with Gasteiger partial charge in [-0.1, -0.05) is 19.8 Å². The first-order valence-corrected chi connectivity index (χ1v) is 12.4. The van der Waals surface area contributed by atoms with Gasteiger partial charge in [-0.25, -0.2) is 14.6 Å². The summed E-state index contributed by atoms with van der Waals surface area (Å²) in [5, 5.41) is 10.4. The Bertz CT molecular complexity index is 1050. The molecule has 0 radical (unpaired) electrons. The van der Waals surface area contributed by atoms with E-state index in [9.17, 15) is 4.79 Å². The van der Waals surface area contributed by atoms with E-state index in [1.54, 1.807) is 22.2 Å². The van der Waals surface area contributed by atoms with Gasteiger partial charge in [-0.2, -0.15) is 5.10 Å². The molecule has 0 bridgehead atoms. The van der Waals surface area contributed by atoms with Crippen molar-refractivity contribution in [3.05, 3.63) is 51.9 Å². The summed E-state index contributed by atoms with van der Waals surface area (Å²) in [6, 6.07) is 5.64. The van der Waals surface area contributed by atoms with Crippen molar-refractivity contribution in [3.8, 4) is 5.82 Å². The van der Waals surface area contributed by atoms with Crippen molar-refractivity contribution in [1.82, 2.24) is 24.6 Å². The fourth-order valence-electron chi connectivity index (χ4n) is 4.26. The molecule has 1 aliphatic rings. The number of nitrogens with one attached hydrogen (secondary N) is 1. The first-order valence-electron chi connectivity index (χ1n) is 11.5. The van der Waals surface area contributed by atoms with E-state index in [1.807, 2.05) is 37.4 Å². The van der Waals surface area contributed by atoms with E-state index in [1.165, 1.54) is 25.8 Å². The number of pyridine rings is 1. The summed E-state index contributed by atoms with van der Waals surface area (Å²) in [6.45, 7) is 9.61. The number of piperidine rings is 1. The van der Waals surface area contributed by atoms with Crippen LogP contribution in [-0.4, -0.2) is 50.2 Å². The summed E-state index contributed by atoms with van der Waals surface area (Å²) in [5.41, 5.74) is 2.97. The predicted molar refractivity (Wildman–Crippen MR) is 129 cm³/mol. The van der Waals surface area contributed by atoms with Crippen molar-refractivity contribution < 1.29 is 4.79 Å². The van der Waals surface area contributed by atoms with Crippen LogP contribution in [0.25, 0.3) is 5.82 Å². The molecule has 0 aliphatic carbocycles. The van der Waals surface area contributed by atoms with Gasteiger partial charge in [-0.3, -0.25) is 4.79 Å². The van der Waals surface area contributed by atoms with Crippen LogP contribution in [0.5, 0.6) is 0 Å². The van der Waals surface area contributed by atoms with Crippen molar-refractivity contribution in [2.45, 2.75) is 58.8 Å². The van der Waals surface area contributed by atoms with E-state index in [0.29, 0.717) is 23.1 Å². The Hall–Kier alpha value is -2.58. The van der Waals surface area contributed by atoms with Crippen LogP contribution >= 0.6 is 11.3 Å². The number of amides is 1. The van der Waals surface area contributed by atoms with Gasteiger partial charge in [-0.15, -0.1) is 11.3 Å². The van der Waals surface area contributed by atoms with Crippen molar-refractivity contribution in [2.75, 3.05) is 25.0 Å². The Kier molecular flexibility index (Phi) is 7.32. The summed E-state index contributed by atoms with van der Waals surface area (Å²) < 4.78 is 1.76. The van der Waals surface area contributed by atoms with E-state index < -0.39 is 0 Å². The molecule has 7 nitrogen and oxygen atoms in total. The van der Waals surface area contributed by atoms with Gasteiger partial charge in [-0.05, 0) is 70.9 Å². The molecule has 1 saturated heterocycles. The minimum atomic E-state index is -0.208. The lowest BCUT2D eigenvalue weighted by Crippen LogP contribution is -2.33. The highest BCUT2D eigenvalue weighted by molar-refractivity contribution is 7.10. The Morgan fingerprint density at radius 2 is 2.06 bits per heavy atom. The second kappa shape index (κ2) is 10.4. The van der Waals surface area contributed by atoms with Gasteiger partial charge in [0.1, 0.15) is 5.69 Å². The number of thiazole rings is 1. The van der Waals surface area contributed by atoms with Crippen LogP contribution in [0.2, 0.25) is 0 Å². The third kappa shape index (κ3) is 5.24. The Morgan fingerprint density at radius 3 is 2.78 bits per heavy atom. The molecule has 170 valence electrons. The number of hydrogen-bond acceptors (Lipinski definition) is 6. The van der Waals surface area contributed by atoms with Crippen LogP contribution in [0.1, 0.15) is 71.8 Å². The maximum atomic E-state index is 13.0. The van der Waals surface area contributed by atoms with Crippen LogP contribution in [0, 0.1) is 13.8 Å². The van der Waals surface area contributed by atoms with E-state index in [2.05, 4.69) is 27.2 Å². The minimum Gasteiger partial charge on any atom is -0.317 e. The molecule has 1 amide bonds. The van der Waals surface area contributed by atoms with Gasteiger partial charge in [0.05, 0.1) is 16.4 Å². The van der Waals surface area contributed by atoms with Crippen LogP contribution in [0.3, 0.4) is 0 Å². The van der Waals surface area contributed by atoms with Crippen molar-refractivity contribution >= 4 is 22.9 Å². The van der Waals surface area contributed by atoms with Crippen molar-refractivity contribution in [1.29, 1.82) is 0 Å². The van der Waals surface area contributed by atoms with Crippen molar-refractivity contribution in [3.63, 3.8) is 0 Å². The first-order chi connectivity index (χ1) is 15.5. The lowest BCUT2D eigenvalue weighted by atomic mass is 9.97. The van der Waals surface area contributed by atoms with Gasteiger partial charge in [0.15, 0.2) is 5.82 Å². The molecular formula is C24H32N6OS. The highest BCUT2D eigenvalue weighted by Gasteiger charge is 2.24. The zero-order chi connectivity index (χ0) is 22.5. The summed E-state index contributed by atoms with van der Waals surface area (Å²) in [4.78, 5) is 24.7. The number of carbonyl (C=O) groups excluding carboxylic acids is 1. The number of hydrogen-bond donors (Lipinski definition) is 1. The molecule has 1 aliphatic heterocycles. The maximum Gasteiger partial charge on any atom is 0.275 e. The first kappa shape index (κ1) is 22.6. The van der Waals surface area contributed by atoms with Gasteiger partial charge >= 0.3 is 0 Å². The SMILES string of the molecule is CCCCCN1CCC(c2nc(C(=O)Nc3cccnc3-n3nc(C)cc3C)cs2)CC1. The summed E-state index contributed by atoms with van der Waals surface area (Å²) >= 11 is 1.60. The molecule has 0 spiro atoms. The second-order valence-corrected chi connectivity index (χ2v) is 9.45. The fraction of sp³-hybridized carbons (Fsp3) is 0.500. The number of carbonyl (C=O) groups is 1. The number of aryl methyl sites for hydroxylation is 2. The van der Waals surface area contributed by atoms with Crippen LogP contribution in [-0.2, 0) is 0 Å². The van der Waals surface area contributed by atoms with Crippen LogP contribution in [0.15, 0.2) is 29.8 Å². The zero-order valence-electron chi connectivity index (χ0n) is 19.2. The summed E-state index contributed by atoms with van der Waals surface area (Å²) in [7, 11) is 0. The minimum absolute atomic E-state index is 0.208. The molecule has 3 aromatic heterocycles. The standard InChI is InChI=1S/C24H32N6OS/c1-4-5-6-12-29-13-9-19(10-14-29)24-27-21(16-32-24)23(31)26-20-8-7-11-25-22(20)30-18(3)15-17(2)28-30/h7-8,11,15-16,19H,4-6,9-10,12-14H2,1-3H3,(H,26,31). The number of anilines is 1. The summed E-state index contributed by atoms with van der Waals surface area (Å²) in [5.74, 6) is 0.852. The average Bonchev–Trinajstić information content (AvgIpc) is 3.41. The molecule has 0 unspecified atom stereocenters. The molecule has 1 N–H and O–H groups in total. The molecule has 32 heavy (non-hydrogen) atoms. The lowest BCUT2D eigenvalue weighted by Gasteiger charge is -2.30. The van der Waals surface area contributed by atoms with Crippen LogP contribution in [0.4, 0.5) is 5.69 Å². The van der Waals surface area contributed by atoms with Crippen molar-refractivity contribution in [2.24, 2.45) is 0 Å². The van der Waals surface area contributed by atoms with Gasteiger partial charge in [0, 0.05) is 23.2 Å². The number of unbranched alkanes of at least 4 members (excludes halogenated alkanes) is 2. The highest BCUT2D eigenvalue weighted by Crippen LogP contribution is 2.31. The second-order valence-electron chi connectivity index (χ2n) is 8.56. The quantitative estimate of drug-likeness (QED) is 0.489. The molecule has 4 rings (SSSR count). The van der Waals surface area contributed by atoms with Gasteiger partial charge < -0.3 is 10.2 Å². The van der Waals surface area contributed by atoms with E-state index in [4.69, 9.17) is 4.98 Å². The van der Waals surface area contributed by atoms with Crippen LogP contribution < -0.4 is 5.32 Å². The molecule has 8 heteroatoms. The Morgan fingerprint density at radius 1 is 1.25 bits per heavy atom. The normalized spacial score (nSPS) is 15.2. The average molecular weight is 453 g/mol. The fourth-order valence-corrected chi connectivity index (χ4v) is 5.23. The maximum absolute atomic E-state index is 13.0. The van der Waals surface area contributed by atoms with Gasteiger partial charge in [0.25, 0.3) is 5.91 Å². The molecule has 0 aromatic carbocycles. The number of rotatable bonds is 8. The van der Waals surface area contributed by atoms with E-state index >= 15 is 0 Å². The number of likely N-dealkylation sites (tertiary alicyclic amines) is 1. The lowest BCUT2D eigenvalue weighted by molar-refractivity contribution is 0.102. The van der Waals surface area contributed by atoms with E-state index in [-0.39, 0.29) is 5.91 Å². The Labute approximate surface area is 193 Å². The molecular weight excluding hydrogens is 420 g/mol. The molecule has 0 atom stereocenters. The monoisotopic (exact) mass is 452 g/mol. The van der Waals surface area contributed by atoms with Gasteiger partial charge in [0.2, 0.25) is 0 Å². The highest BCUT2D eigenvalue weighted by atomic mass is 32.1. The molecule has 4 heterocycles. The largest absolute Gasteiger partial charge is 0.317 e. The molecule has 0 saturated carbocycles. The number of nitrogens with zero attached hydrogens (tertiary/aromatic N) is 5. The summed E-state index contributed by atoms with van der Waals surface area (Å²) in [6.07, 6.45) is 7.80. The smallest absolute Gasteiger partial charge is 0.275 e. The zero-order valence-corrected chi connectivity index (χ0v) is 20.0. The topological polar surface area (TPSA) is 75.9 Å². The third-order valence-electron chi connectivity index (χ3n) is 6.01. The predicted octanol–water partition coefficient (Wildman–Crippen LogP) is 4.96.